The van der Waals surface area contributed by atoms with Gasteiger partial charge in [0, 0.05) is 43.2 Å². The second-order valence-corrected chi connectivity index (χ2v) is 11.7. The lowest BCUT2D eigenvalue weighted by Gasteiger charge is -2.57. The molecule has 3 heterocycles. The Labute approximate surface area is 260 Å². The highest BCUT2D eigenvalue weighted by Gasteiger charge is 2.54. The maximum Gasteiger partial charge on any atom is 0.334 e. The minimum absolute atomic E-state index is 0.0653. The van der Waals surface area contributed by atoms with Gasteiger partial charge in [-0.2, -0.15) is 0 Å². The Balaban J connectivity index is 1.37. The van der Waals surface area contributed by atoms with Crippen LogP contribution in [0.15, 0.2) is 85.1 Å². The van der Waals surface area contributed by atoms with Crippen molar-refractivity contribution < 1.29 is 19.5 Å². The number of pyridine rings is 1. The highest BCUT2D eigenvalue weighted by Crippen LogP contribution is 2.33. The molecule has 2 aliphatic rings. The minimum Gasteiger partial charge on any atom is -0.508 e. The van der Waals surface area contributed by atoms with E-state index in [9.17, 15) is 19.5 Å². The number of likely N-dealkylation sites (N-methyl/N-ethyl adjacent to an activating group) is 1. The second-order valence-electron chi connectivity index (χ2n) is 11.2. The number of aromatic hydroxyl groups is 1. The van der Waals surface area contributed by atoms with Gasteiger partial charge >= 0.3 is 6.03 Å². The van der Waals surface area contributed by atoms with E-state index in [1.807, 2.05) is 49.4 Å². The number of hydrogen-bond donors (Lipinski definition) is 2. The zero-order valence-electron chi connectivity index (χ0n) is 24.4. The van der Waals surface area contributed by atoms with Gasteiger partial charge in [-0.15, -0.1) is 0 Å². The van der Waals surface area contributed by atoms with Crippen LogP contribution < -0.4 is 5.32 Å². The van der Waals surface area contributed by atoms with Gasteiger partial charge in [0.05, 0.1) is 18.1 Å². The Hall–Kier alpha value is -4.67. The molecule has 10 nitrogen and oxygen atoms in total. The number of nitrogens with zero attached hydrogens (tertiary/aromatic N) is 5. The number of phenols is 1. The molecule has 0 spiro atoms. The molecule has 2 N–H and O–H groups in total. The van der Waals surface area contributed by atoms with Gasteiger partial charge in [0.25, 0.3) is 0 Å². The van der Waals surface area contributed by atoms with E-state index < -0.39 is 18.2 Å². The number of rotatable bonds is 6. The summed E-state index contributed by atoms with van der Waals surface area (Å²) in [5.41, 5.74) is 3.32. The monoisotopic (exact) mass is 612 g/mol. The third kappa shape index (κ3) is 5.66. The highest BCUT2D eigenvalue weighted by molar-refractivity contribution is 6.30. The van der Waals surface area contributed by atoms with Crippen LogP contribution in [-0.2, 0) is 29.1 Å². The summed E-state index contributed by atoms with van der Waals surface area (Å²) in [6, 6.07) is 21.7. The van der Waals surface area contributed by atoms with Crippen LogP contribution in [0.2, 0.25) is 5.02 Å². The molecule has 226 valence electrons. The van der Waals surface area contributed by atoms with E-state index in [1.165, 1.54) is 0 Å². The van der Waals surface area contributed by atoms with Gasteiger partial charge in [-0.3, -0.25) is 14.6 Å². The van der Waals surface area contributed by atoms with Crippen molar-refractivity contribution in [1.29, 1.82) is 0 Å². The lowest BCUT2D eigenvalue weighted by Crippen LogP contribution is -2.78. The fourth-order valence-electron chi connectivity index (χ4n) is 6.17. The molecule has 2 aliphatic heterocycles. The fourth-order valence-corrected chi connectivity index (χ4v) is 6.29. The van der Waals surface area contributed by atoms with E-state index in [-0.39, 0.29) is 49.7 Å². The Kier molecular flexibility index (Phi) is 8.11. The summed E-state index contributed by atoms with van der Waals surface area (Å²) in [7, 11) is 1.70. The molecular formula is C33H33ClN6O4. The third-order valence-corrected chi connectivity index (χ3v) is 8.62. The van der Waals surface area contributed by atoms with E-state index in [2.05, 4.69) is 10.3 Å². The third-order valence-electron chi connectivity index (χ3n) is 8.37. The van der Waals surface area contributed by atoms with E-state index in [0.29, 0.717) is 5.02 Å². The number of carbonyl (C=O) groups excluding carboxylic acids is 3. The first kappa shape index (κ1) is 29.4. The molecule has 11 heteroatoms. The van der Waals surface area contributed by atoms with E-state index in [4.69, 9.17) is 11.6 Å². The number of amides is 4. The molecule has 0 aliphatic carbocycles. The Morgan fingerprint density at radius 3 is 2.45 bits per heavy atom. The Morgan fingerprint density at radius 2 is 1.70 bits per heavy atom. The predicted molar refractivity (Wildman–Crippen MR) is 166 cm³/mol. The highest BCUT2D eigenvalue weighted by atomic mass is 35.5. The molecule has 0 radical (unpaired) electrons. The van der Waals surface area contributed by atoms with Crippen molar-refractivity contribution in [2.75, 3.05) is 13.6 Å². The van der Waals surface area contributed by atoms with Crippen LogP contribution in [0.5, 0.6) is 5.75 Å². The molecule has 2 fully saturated rings. The van der Waals surface area contributed by atoms with Crippen molar-refractivity contribution in [3.63, 3.8) is 0 Å². The van der Waals surface area contributed by atoms with Crippen LogP contribution >= 0.6 is 11.6 Å². The van der Waals surface area contributed by atoms with Crippen molar-refractivity contribution in [2.45, 2.75) is 44.7 Å². The SMILES string of the molecule is C[C@H]1[C@H]2N(C(=O)CN(C)N2C(=O)NCc2ccc(Cl)cc2)[C@@H](Cc2ccc(O)cc2)C(=O)N1Cc1cccc2cccnc12. The van der Waals surface area contributed by atoms with Crippen LogP contribution in [-0.4, -0.2) is 79.6 Å². The lowest BCUT2D eigenvalue weighted by molar-refractivity contribution is -0.196. The van der Waals surface area contributed by atoms with Crippen LogP contribution in [0.25, 0.3) is 10.9 Å². The number of fused-ring (bicyclic) bond motifs is 2. The summed E-state index contributed by atoms with van der Waals surface area (Å²) in [5, 5.41) is 17.5. The van der Waals surface area contributed by atoms with Crippen LogP contribution in [0, 0.1) is 0 Å². The van der Waals surface area contributed by atoms with Crippen LogP contribution in [0.1, 0.15) is 23.6 Å². The molecule has 0 bridgehead atoms. The predicted octanol–water partition coefficient (Wildman–Crippen LogP) is 4.16. The number of benzene rings is 3. The van der Waals surface area contributed by atoms with Gasteiger partial charge in [-0.1, -0.05) is 60.1 Å². The number of phenolic OH excluding ortho intramolecular Hbond substituents is 1. The number of para-hydroxylation sites is 1. The zero-order valence-corrected chi connectivity index (χ0v) is 25.2. The van der Waals surface area contributed by atoms with E-state index in [0.717, 1.165) is 27.6 Å². The summed E-state index contributed by atoms with van der Waals surface area (Å²) >= 11 is 6.03. The zero-order chi connectivity index (χ0) is 31.0. The van der Waals surface area contributed by atoms with E-state index >= 15 is 0 Å². The molecule has 0 saturated carbocycles. The molecular weight excluding hydrogens is 580 g/mol. The van der Waals surface area contributed by atoms with Crippen LogP contribution in [0.3, 0.4) is 0 Å². The number of urea groups is 1. The van der Waals surface area contributed by atoms with Crippen molar-refractivity contribution in [2.24, 2.45) is 0 Å². The molecule has 0 unspecified atom stereocenters. The van der Waals surface area contributed by atoms with Crippen molar-refractivity contribution in [3.8, 4) is 5.75 Å². The first-order valence-electron chi connectivity index (χ1n) is 14.5. The number of carbonyl (C=O) groups is 3. The van der Waals surface area contributed by atoms with Gasteiger partial charge in [-0.05, 0) is 53.9 Å². The van der Waals surface area contributed by atoms with E-state index in [1.54, 1.807) is 69.5 Å². The number of halogens is 1. The summed E-state index contributed by atoms with van der Waals surface area (Å²) in [6.45, 7) is 2.32. The number of piperazine rings is 1. The molecule has 4 amide bonds. The average Bonchev–Trinajstić information content (AvgIpc) is 3.02. The maximum absolute atomic E-state index is 14.4. The lowest BCUT2D eigenvalue weighted by atomic mass is 9.94. The molecule has 2 saturated heterocycles. The quantitative estimate of drug-likeness (QED) is 0.338. The summed E-state index contributed by atoms with van der Waals surface area (Å²) in [5.74, 6) is -0.344. The topological polar surface area (TPSA) is 109 Å². The molecule has 4 aromatic rings. The van der Waals surface area contributed by atoms with Crippen molar-refractivity contribution >= 4 is 40.3 Å². The second kappa shape index (κ2) is 12.1. The number of nitrogens with one attached hydrogen (secondary N) is 1. The summed E-state index contributed by atoms with van der Waals surface area (Å²) in [4.78, 5) is 49.8. The summed E-state index contributed by atoms with van der Waals surface area (Å²) in [6.07, 6.45) is 1.18. The maximum atomic E-state index is 14.4. The first-order valence-corrected chi connectivity index (χ1v) is 14.8. The van der Waals surface area contributed by atoms with Crippen molar-refractivity contribution in [1.82, 2.24) is 30.1 Å². The van der Waals surface area contributed by atoms with Gasteiger partial charge in [0.15, 0.2) is 0 Å². The standard InChI is InChI=1S/C33H33ClN6O4/c1-21-31-39(29(42)20-37(2)40(31)33(44)36-18-23-8-12-26(34)13-9-23)28(17-22-10-14-27(41)15-11-22)32(43)38(21)19-25-6-3-5-24-7-4-16-35-30(24)25/h3-16,21,28,31,41H,17-20H2,1-2H3,(H,36,44)/t21-,28-,31-/m0/s1. The first-order chi connectivity index (χ1) is 21.2. The number of hydrazine groups is 1. The molecule has 3 aromatic carbocycles. The largest absolute Gasteiger partial charge is 0.508 e. The molecule has 1 aromatic heterocycles. The number of aromatic nitrogens is 1. The van der Waals surface area contributed by atoms with Gasteiger partial charge in [-0.25, -0.2) is 14.8 Å². The minimum atomic E-state index is -0.864. The number of hydrogen-bond acceptors (Lipinski definition) is 6. The Bertz CT molecular complexity index is 1690. The average molecular weight is 613 g/mol. The summed E-state index contributed by atoms with van der Waals surface area (Å²) < 4.78 is 0. The fraction of sp³-hybridized carbons (Fsp3) is 0.273. The molecule has 6 rings (SSSR count). The van der Waals surface area contributed by atoms with Crippen LogP contribution in [0.4, 0.5) is 4.79 Å². The van der Waals surface area contributed by atoms with Gasteiger partial charge in [0.2, 0.25) is 11.8 Å². The van der Waals surface area contributed by atoms with Gasteiger partial charge in [0.1, 0.15) is 18.0 Å². The van der Waals surface area contributed by atoms with Crippen molar-refractivity contribution in [3.05, 3.63) is 107 Å². The van der Waals surface area contributed by atoms with Gasteiger partial charge < -0.3 is 20.2 Å². The normalized spacial score (nSPS) is 20.6. The molecule has 44 heavy (non-hydrogen) atoms. The molecule has 3 atom stereocenters. The smallest absolute Gasteiger partial charge is 0.334 e. The Morgan fingerprint density at radius 1 is 1.00 bits per heavy atom.